The van der Waals surface area contributed by atoms with E-state index in [0.29, 0.717) is 17.1 Å². The number of halogens is 1. The van der Waals surface area contributed by atoms with E-state index in [-0.39, 0.29) is 5.91 Å². The van der Waals surface area contributed by atoms with E-state index in [1.54, 1.807) is 14.0 Å². The lowest BCUT2D eigenvalue weighted by molar-refractivity contribution is 0.101. The van der Waals surface area contributed by atoms with Gasteiger partial charge in [-0.1, -0.05) is 15.9 Å². The van der Waals surface area contributed by atoms with Crippen molar-refractivity contribution >= 4 is 33.2 Å². The fourth-order valence-electron chi connectivity index (χ4n) is 2.15. The van der Waals surface area contributed by atoms with Gasteiger partial charge in [-0.25, -0.2) is 0 Å². The van der Waals surface area contributed by atoms with Gasteiger partial charge < -0.3 is 11.1 Å². The molecule has 0 saturated heterocycles. The summed E-state index contributed by atoms with van der Waals surface area (Å²) in [5.74, 6) is -0.258. The van der Waals surface area contributed by atoms with Gasteiger partial charge in [-0.05, 0) is 44.0 Å². The van der Waals surface area contributed by atoms with Crippen LogP contribution in [0.3, 0.4) is 0 Å². The maximum atomic E-state index is 12.3. The SMILES string of the molecule is Cc1cc(NC(=O)c2c(N)c(C)nn2C)cc(C)c1Br. The summed E-state index contributed by atoms with van der Waals surface area (Å²) in [6, 6.07) is 3.82. The second-order valence-electron chi connectivity index (χ2n) is 4.85. The Bertz CT molecular complexity index is 668. The van der Waals surface area contributed by atoms with Crippen molar-refractivity contribution in [1.29, 1.82) is 0 Å². The Hall–Kier alpha value is -1.82. The molecular weight excluding hydrogens is 320 g/mol. The van der Waals surface area contributed by atoms with Gasteiger partial charge in [-0.3, -0.25) is 9.48 Å². The third kappa shape index (κ3) is 2.56. The Labute approximate surface area is 126 Å². The number of anilines is 2. The van der Waals surface area contributed by atoms with Gasteiger partial charge >= 0.3 is 0 Å². The number of nitrogens with zero attached hydrogens (tertiary/aromatic N) is 2. The van der Waals surface area contributed by atoms with Crippen LogP contribution >= 0.6 is 15.9 Å². The fraction of sp³-hybridized carbons (Fsp3) is 0.286. The van der Waals surface area contributed by atoms with E-state index in [1.165, 1.54) is 4.68 Å². The number of benzene rings is 1. The topological polar surface area (TPSA) is 72.9 Å². The lowest BCUT2D eigenvalue weighted by atomic mass is 10.1. The van der Waals surface area contributed by atoms with Crippen LogP contribution in [0.25, 0.3) is 0 Å². The van der Waals surface area contributed by atoms with Crippen LogP contribution in [-0.4, -0.2) is 15.7 Å². The largest absolute Gasteiger partial charge is 0.395 e. The average molecular weight is 337 g/mol. The molecule has 20 heavy (non-hydrogen) atoms. The third-order valence-electron chi connectivity index (χ3n) is 3.18. The Morgan fingerprint density at radius 2 is 1.85 bits per heavy atom. The highest BCUT2D eigenvalue weighted by Crippen LogP contribution is 2.26. The summed E-state index contributed by atoms with van der Waals surface area (Å²) < 4.78 is 2.55. The van der Waals surface area contributed by atoms with E-state index in [2.05, 4.69) is 26.3 Å². The molecule has 0 unspecified atom stereocenters. The molecule has 0 spiro atoms. The molecule has 1 aromatic heterocycles. The molecule has 0 radical (unpaired) electrons. The van der Waals surface area contributed by atoms with Crippen LogP contribution in [0.15, 0.2) is 16.6 Å². The van der Waals surface area contributed by atoms with E-state index in [4.69, 9.17) is 5.73 Å². The number of hydrogen-bond donors (Lipinski definition) is 2. The molecule has 3 N–H and O–H groups in total. The molecular formula is C14H17BrN4O. The maximum absolute atomic E-state index is 12.3. The van der Waals surface area contributed by atoms with Crippen molar-refractivity contribution in [3.8, 4) is 0 Å². The van der Waals surface area contributed by atoms with Crippen molar-refractivity contribution in [3.63, 3.8) is 0 Å². The van der Waals surface area contributed by atoms with Crippen molar-refractivity contribution in [3.05, 3.63) is 39.1 Å². The predicted octanol–water partition coefficient (Wildman–Crippen LogP) is 2.94. The predicted molar refractivity (Wildman–Crippen MR) is 83.9 cm³/mol. The van der Waals surface area contributed by atoms with Gasteiger partial charge in [0.15, 0.2) is 0 Å². The Balaban J connectivity index is 2.33. The van der Waals surface area contributed by atoms with Crippen molar-refractivity contribution in [2.75, 3.05) is 11.1 Å². The van der Waals surface area contributed by atoms with E-state index in [0.717, 1.165) is 21.3 Å². The van der Waals surface area contributed by atoms with Crippen LogP contribution in [-0.2, 0) is 7.05 Å². The molecule has 1 aromatic carbocycles. The molecule has 6 heteroatoms. The van der Waals surface area contributed by atoms with Crippen LogP contribution < -0.4 is 11.1 Å². The number of nitrogens with two attached hydrogens (primary N) is 1. The summed E-state index contributed by atoms with van der Waals surface area (Å²) in [7, 11) is 1.70. The number of amides is 1. The quantitative estimate of drug-likeness (QED) is 0.885. The first-order valence-corrected chi connectivity index (χ1v) is 6.97. The second-order valence-corrected chi connectivity index (χ2v) is 5.64. The summed E-state index contributed by atoms with van der Waals surface area (Å²) >= 11 is 3.50. The summed E-state index contributed by atoms with van der Waals surface area (Å²) in [6.07, 6.45) is 0. The molecule has 2 rings (SSSR count). The molecule has 0 bridgehead atoms. The van der Waals surface area contributed by atoms with E-state index in [1.807, 2.05) is 26.0 Å². The van der Waals surface area contributed by atoms with Gasteiger partial charge in [0, 0.05) is 17.2 Å². The molecule has 0 aliphatic carbocycles. The number of nitrogens with one attached hydrogen (secondary N) is 1. The number of aryl methyl sites for hydroxylation is 4. The number of aromatic nitrogens is 2. The van der Waals surface area contributed by atoms with Gasteiger partial charge in [0.05, 0.1) is 11.4 Å². The van der Waals surface area contributed by atoms with Gasteiger partial charge in [-0.2, -0.15) is 5.10 Å². The molecule has 0 aliphatic heterocycles. The maximum Gasteiger partial charge on any atom is 0.276 e. The first-order valence-electron chi connectivity index (χ1n) is 6.18. The standard InChI is InChI=1S/C14H17BrN4O/c1-7-5-10(6-8(2)11(7)15)17-14(20)13-12(16)9(3)18-19(13)4/h5-6H,16H2,1-4H3,(H,17,20). The van der Waals surface area contributed by atoms with Gasteiger partial charge in [0.1, 0.15) is 5.69 Å². The molecule has 2 aromatic rings. The summed E-state index contributed by atoms with van der Waals surface area (Å²) in [6.45, 7) is 5.74. The highest BCUT2D eigenvalue weighted by molar-refractivity contribution is 9.10. The third-order valence-corrected chi connectivity index (χ3v) is 4.43. The molecule has 0 saturated carbocycles. The zero-order chi connectivity index (χ0) is 15.0. The summed E-state index contributed by atoms with van der Waals surface area (Å²) in [5, 5.41) is 7.01. The van der Waals surface area contributed by atoms with Crippen LogP contribution in [0, 0.1) is 20.8 Å². The molecule has 0 aliphatic rings. The highest BCUT2D eigenvalue weighted by atomic mass is 79.9. The minimum Gasteiger partial charge on any atom is -0.395 e. The van der Waals surface area contributed by atoms with Gasteiger partial charge in [-0.15, -0.1) is 0 Å². The lowest BCUT2D eigenvalue weighted by Gasteiger charge is -2.10. The van der Waals surface area contributed by atoms with Crippen molar-refractivity contribution < 1.29 is 4.79 Å². The molecule has 1 amide bonds. The number of carbonyl (C=O) groups is 1. The fourth-order valence-corrected chi connectivity index (χ4v) is 2.38. The van der Waals surface area contributed by atoms with Crippen LogP contribution in [0.5, 0.6) is 0 Å². The summed E-state index contributed by atoms with van der Waals surface area (Å²) in [5.41, 5.74) is 10.2. The first kappa shape index (κ1) is 14.6. The normalized spacial score (nSPS) is 10.7. The highest BCUT2D eigenvalue weighted by Gasteiger charge is 2.18. The lowest BCUT2D eigenvalue weighted by Crippen LogP contribution is -2.17. The molecule has 0 fully saturated rings. The van der Waals surface area contributed by atoms with E-state index in [9.17, 15) is 4.79 Å². The average Bonchev–Trinajstić information content (AvgIpc) is 2.60. The second kappa shape index (κ2) is 5.28. The monoisotopic (exact) mass is 336 g/mol. The van der Waals surface area contributed by atoms with E-state index >= 15 is 0 Å². The zero-order valence-corrected chi connectivity index (χ0v) is 13.5. The first-order chi connectivity index (χ1) is 9.31. The van der Waals surface area contributed by atoms with Crippen molar-refractivity contribution in [2.24, 2.45) is 7.05 Å². The molecule has 1 heterocycles. The Kier molecular flexibility index (Phi) is 3.85. The molecule has 5 nitrogen and oxygen atoms in total. The smallest absolute Gasteiger partial charge is 0.276 e. The number of carbonyl (C=O) groups excluding carboxylic acids is 1. The minimum absolute atomic E-state index is 0.258. The van der Waals surface area contributed by atoms with Crippen molar-refractivity contribution in [1.82, 2.24) is 9.78 Å². The Morgan fingerprint density at radius 1 is 1.30 bits per heavy atom. The molecule has 106 valence electrons. The van der Waals surface area contributed by atoms with Crippen molar-refractivity contribution in [2.45, 2.75) is 20.8 Å². The van der Waals surface area contributed by atoms with Crippen LogP contribution in [0.2, 0.25) is 0 Å². The number of rotatable bonds is 2. The minimum atomic E-state index is -0.258. The van der Waals surface area contributed by atoms with Crippen LogP contribution in [0.1, 0.15) is 27.3 Å². The number of nitrogen functional groups attached to an aromatic ring is 1. The Morgan fingerprint density at radius 3 is 2.30 bits per heavy atom. The van der Waals surface area contributed by atoms with Gasteiger partial charge in [0.2, 0.25) is 0 Å². The van der Waals surface area contributed by atoms with Gasteiger partial charge in [0.25, 0.3) is 5.91 Å². The number of hydrogen-bond acceptors (Lipinski definition) is 3. The van der Waals surface area contributed by atoms with Crippen LogP contribution in [0.4, 0.5) is 11.4 Å². The zero-order valence-electron chi connectivity index (χ0n) is 11.9. The summed E-state index contributed by atoms with van der Waals surface area (Å²) in [4.78, 5) is 12.3. The van der Waals surface area contributed by atoms with E-state index < -0.39 is 0 Å². The molecule has 0 atom stereocenters.